The van der Waals surface area contributed by atoms with Crippen LogP contribution in [0.25, 0.3) is 0 Å². The second-order valence-corrected chi connectivity index (χ2v) is 11.4. The third-order valence-corrected chi connectivity index (χ3v) is 8.74. The number of rotatable bonds is 3. The number of ether oxygens (including phenoxy) is 1. The van der Waals surface area contributed by atoms with Crippen LogP contribution in [0.2, 0.25) is 18.1 Å². The van der Waals surface area contributed by atoms with E-state index in [1.165, 1.54) is 0 Å². The van der Waals surface area contributed by atoms with Crippen LogP contribution in [0.4, 0.5) is 0 Å². The third-order valence-electron chi connectivity index (χ3n) is 4.27. The number of fused-ring (bicyclic) bond motifs is 1. The first-order valence-electron chi connectivity index (χ1n) is 6.35. The zero-order valence-electron chi connectivity index (χ0n) is 11.6. The van der Waals surface area contributed by atoms with Crippen molar-refractivity contribution in [3.63, 3.8) is 0 Å². The zero-order valence-corrected chi connectivity index (χ0v) is 12.6. The van der Waals surface area contributed by atoms with Gasteiger partial charge in [0.2, 0.25) is 0 Å². The van der Waals surface area contributed by atoms with E-state index in [0.29, 0.717) is 11.9 Å². The number of hydrogen-bond acceptors (Lipinski definition) is 4. The second-order valence-electron chi connectivity index (χ2n) is 6.64. The summed E-state index contributed by atoms with van der Waals surface area (Å²) in [5.41, 5.74) is 0.387. The maximum absolute atomic E-state index is 10.9. The Morgan fingerprint density at radius 1 is 1.39 bits per heavy atom. The lowest BCUT2D eigenvalue weighted by Crippen LogP contribution is -2.46. The molecule has 4 nitrogen and oxygen atoms in total. The summed E-state index contributed by atoms with van der Waals surface area (Å²) in [5.74, 6) is 0. The molecule has 0 saturated carbocycles. The molecule has 0 bridgehead atoms. The smallest absolute Gasteiger partial charge is 0.193 e. The predicted molar refractivity (Wildman–Crippen MR) is 70.9 cm³/mol. The lowest BCUT2D eigenvalue weighted by molar-refractivity contribution is -0.106. The molecule has 1 aliphatic heterocycles. The summed E-state index contributed by atoms with van der Waals surface area (Å²) >= 11 is 0. The SMILES string of the molecule is CC(C)(C)[Si](C)(C)O[C@@H]1C=C(C=O)[C@H](O)[C@H]2O[C@H]21. The number of carbonyl (C=O) groups is 1. The average Bonchev–Trinajstić information content (AvgIpc) is 3.00. The quantitative estimate of drug-likeness (QED) is 0.481. The fourth-order valence-electron chi connectivity index (χ4n) is 1.95. The molecule has 0 aromatic rings. The van der Waals surface area contributed by atoms with Crippen molar-refractivity contribution >= 4 is 14.6 Å². The molecule has 102 valence electrons. The molecule has 0 amide bonds. The van der Waals surface area contributed by atoms with Crippen LogP contribution in [0.3, 0.4) is 0 Å². The molecule has 1 fully saturated rings. The summed E-state index contributed by atoms with van der Waals surface area (Å²) < 4.78 is 11.7. The van der Waals surface area contributed by atoms with Crippen molar-refractivity contribution < 1.29 is 19.1 Å². The summed E-state index contributed by atoms with van der Waals surface area (Å²) in [4.78, 5) is 10.9. The van der Waals surface area contributed by atoms with Crippen molar-refractivity contribution in [2.24, 2.45) is 0 Å². The Kier molecular flexibility index (Phi) is 3.30. The van der Waals surface area contributed by atoms with E-state index in [2.05, 4.69) is 33.9 Å². The van der Waals surface area contributed by atoms with Gasteiger partial charge in [-0.3, -0.25) is 4.79 Å². The van der Waals surface area contributed by atoms with Gasteiger partial charge in [-0.15, -0.1) is 0 Å². The lowest BCUT2D eigenvalue weighted by atomic mass is 9.96. The van der Waals surface area contributed by atoms with Crippen LogP contribution < -0.4 is 0 Å². The molecule has 1 heterocycles. The fraction of sp³-hybridized carbons (Fsp3) is 0.769. The van der Waals surface area contributed by atoms with Gasteiger partial charge in [-0.25, -0.2) is 0 Å². The Balaban J connectivity index is 2.16. The van der Waals surface area contributed by atoms with Crippen molar-refractivity contribution in [3.8, 4) is 0 Å². The first kappa shape index (κ1) is 13.9. The van der Waals surface area contributed by atoms with E-state index in [0.717, 1.165) is 0 Å². The van der Waals surface area contributed by atoms with E-state index < -0.39 is 14.4 Å². The number of aliphatic hydroxyl groups excluding tert-OH is 1. The Labute approximate surface area is 109 Å². The maximum Gasteiger partial charge on any atom is 0.193 e. The van der Waals surface area contributed by atoms with Gasteiger partial charge in [0, 0.05) is 5.57 Å². The van der Waals surface area contributed by atoms with Crippen LogP contribution in [-0.4, -0.2) is 44.1 Å². The molecule has 2 rings (SSSR count). The highest BCUT2D eigenvalue weighted by Crippen LogP contribution is 2.43. The second kappa shape index (κ2) is 4.26. The largest absolute Gasteiger partial charge is 0.408 e. The highest BCUT2D eigenvalue weighted by atomic mass is 28.4. The van der Waals surface area contributed by atoms with Gasteiger partial charge < -0.3 is 14.3 Å². The number of aliphatic hydroxyl groups is 1. The Morgan fingerprint density at radius 2 is 2.00 bits per heavy atom. The summed E-state index contributed by atoms with van der Waals surface area (Å²) in [6.07, 6.45) is 1.10. The monoisotopic (exact) mass is 270 g/mol. The molecule has 1 saturated heterocycles. The summed E-state index contributed by atoms with van der Waals surface area (Å²) in [7, 11) is -1.89. The van der Waals surface area contributed by atoms with Crippen molar-refractivity contribution in [3.05, 3.63) is 11.6 Å². The zero-order chi connectivity index (χ0) is 13.7. The van der Waals surface area contributed by atoms with Crippen LogP contribution in [0.5, 0.6) is 0 Å². The summed E-state index contributed by atoms with van der Waals surface area (Å²) in [6.45, 7) is 10.9. The molecule has 0 unspecified atom stereocenters. The van der Waals surface area contributed by atoms with E-state index in [-0.39, 0.29) is 23.4 Å². The summed E-state index contributed by atoms with van der Waals surface area (Å²) in [6, 6.07) is 0. The van der Waals surface area contributed by atoms with Gasteiger partial charge in [0.25, 0.3) is 0 Å². The molecular formula is C13H22O4Si. The molecule has 1 N–H and O–H groups in total. The van der Waals surface area contributed by atoms with Crippen molar-refractivity contribution in [2.45, 2.75) is 63.3 Å². The highest BCUT2D eigenvalue weighted by molar-refractivity contribution is 6.74. The number of aldehydes is 1. The first-order chi connectivity index (χ1) is 8.17. The number of hydrogen-bond donors (Lipinski definition) is 1. The van der Waals surface area contributed by atoms with Gasteiger partial charge in [0.05, 0.1) is 6.10 Å². The normalized spacial score (nSPS) is 35.8. The first-order valence-corrected chi connectivity index (χ1v) is 9.26. The maximum atomic E-state index is 10.9. The molecule has 18 heavy (non-hydrogen) atoms. The Morgan fingerprint density at radius 3 is 2.50 bits per heavy atom. The number of epoxide rings is 1. The van der Waals surface area contributed by atoms with Gasteiger partial charge in [0.15, 0.2) is 8.32 Å². The molecular weight excluding hydrogens is 248 g/mol. The standard InChI is InChI=1S/C13H22O4Si/c1-13(2,3)18(4,5)17-9-6-8(7-14)10(15)12-11(9)16-12/h6-7,9-12,15H,1-5H3/t9-,10+,11+,12-/m1/s1. The molecule has 2 aliphatic rings. The van der Waals surface area contributed by atoms with Crippen molar-refractivity contribution in [1.82, 2.24) is 0 Å². The van der Waals surface area contributed by atoms with Gasteiger partial charge in [-0.05, 0) is 24.2 Å². The highest BCUT2D eigenvalue weighted by Gasteiger charge is 2.55. The topological polar surface area (TPSA) is 59.1 Å². The van der Waals surface area contributed by atoms with Crippen LogP contribution >= 0.6 is 0 Å². The molecule has 1 aliphatic carbocycles. The van der Waals surface area contributed by atoms with Crippen molar-refractivity contribution in [1.29, 1.82) is 0 Å². The van der Waals surface area contributed by atoms with Gasteiger partial charge in [-0.1, -0.05) is 20.8 Å². The minimum atomic E-state index is -1.89. The van der Waals surface area contributed by atoms with E-state index in [1.807, 2.05) is 0 Å². The molecule has 0 aromatic carbocycles. The fourth-order valence-corrected chi connectivity index (χ4v) is 3.19. The van der Waals surface area contributed by atoms with E-state index >= 15 is 0 Å². The van der Waals surface area contributed by atoms with Crippen molar-refractivity contribution in [2.75, 3.05) is 0 Å². The minimum Gasteiger partial charge on any atom is -0.408 e. The average molecular weight is 270 g/mol. The molecule has 0 radical (unpaired) electrons. The predicted octanol–water partition coefficient (Wildman–Crippen LogP) is 1.64. The Hall–Kier alpha value is -0.493. The van der Waals surface area contributed by atoms with E-state index in [9.17, 15) is 9.90 Å². The van der Waals surface area contributed by atoms with Gasteiger partial charge in [-0.2, -0.15) is 0 Å². The van der Waals surface area contributed by atoms with Crippen LogP contribution in [0, 0.1) is 0 Å². The molecule has 5 heteroatoms. The minimum absolute atomic E-state index is 0.0853. The van der Waals surface area contributed by atoms with Gasteiger partial charge in [0.1, 0.15) is 24.6 Å². The Bertz CT molecular complexity index is 383. The van der Waals surface area contributed by atoms with Gasteiger partial charge >= 0.3 is 0 Å². The van der Waals surface area contributed by atoms with Crippen LogP contribution in [0.15, 0.2) is 11.6 Å². The molecule has 4 atom stereocenters. The van der Waals surface area contributed by atoms with Crippen LogP contribution in [0.1, 0.15) is 20.8 Å². The lowest BCUT2D eigenvalue weighted by Gasteiger charge is -2.39. The third kappa shape index (κ3) is 2.32. The van der Waals surface area contributed by atoms with E-state index in [4.69, 9.17) is 9.16 Å². The van der Waals surface area contributed by atoms with E-state index in [1.54, 1.807) is 6.08 Å². The number of carbonyl (C=O) groups excluding carboxylic acids is 1. The van der Waals surface area contributed by atoms with Crippen LogP contribution in [-0.2, 0) is 14.0 Å². The summed E-state index contributed by atoms with van der Waals surface area (Å²) in [5, 5.41) is 9.90. The molecule has 0 aromatic heterocycles. The molecule has 0 spiro atoms.